The number of hydrogen-bond donors (Lipinski definition) is 1. The van der Waals surface area contributed by atoms with Gasteiger partial charge in [0.2, 0.25) is 11.7 Å². The van der Waals surface area contributed by atoms with Crippen LogP contribution >= 0.6 is 15.9 Å². The third-order valence-electron chi connectivity index (χ3n) is 4.05. The van der Waals surface area contributed by atoms with Gasteiger partial charge >= 0.3 is 0 Å². The Morgan fingerprint density at radius 2 is 2.19 bits per heavy atom. The van der Waals surface area contributed by atoms with Crippen molar-refractivity contribution in [3.05, 3.63) is 34.6 Å². The first-order valence-electron chi connectivity index (χ1n) is 7.61. The second kappa shape index (κ2) is 6.71. The minimum atomic E-state index is 0.347. The number of nitrogens with zero attached hydrogens (tertiary/aromatic N) is 2. The predicted octanol–water partition coefficient (Wildman–Crippen LogP) is 4.13. The van der Waals surface area contributed by atoms with Crippen LogP contribution in [0.2, 0.25) is 0 Å². The summed E-state index contributed by atoms with van der Waals surface area (Å²) < 4.78 is 6.54. The number of benzene rings is 1. The van der Waals surface area contributed by atoms with Crippen LogP contribution in [0.1, 0.15) is 44.4 Å². The monoisotopic (exact) mass is 349 g/mol. The van der Waals surface area contributed by atoms with Gasteiger partial charge in [-0.15, -0.1) is 0 Å². The average Bonchev–Trinajstić information content (AvgIpc) is 3.14. The standard InChI is InChI=1S/C16H20BrN3O/c1-2-10-18-14-9-5-7-12(14)16-19-15(20-21-16)11-6-3-4-8-13(11)17/h3-4,6,8,12,14,18H,2,5,7,9-10H2,1H3. The Hall–Kier alpha value is -1.20. The molecule has 1 aliphatic rings. The van der Waals surface area contributed by atoms with Crippen LogP contribution in [0.25, 0.3) is 11.4 Å². The minimum Gasteiger partial charge on any atom is -0.339 e. The normalized spacial score (nSPS) is 21.8. The van der Waals surface area contributed by atoms with Crippen LogP contribution in [0.5, 0.6) is 0 Å². The Kier molecular flexibility index (Phi) is 4.70. The summed E-state index contributed by atoms with van der Waals surface area (Å²) in [5.41, 5.74) is 0.976. The molecule has 4 nitrogen and oxygen atoms in total. The molecule has 5 heteroatoms. The van der Waals surface area contributed by atoms with Gasteiger partial charge in [0.05, 0.1) is 5.92 Å². The molecule has 21 heavy (non-hydrogen) atoms. The van der Waals surface area contributed by atoms with E-state index in [0.717, 1.165) is 35.3 Å². The number of halogens is 1. The first-order chi connectivity index (χ1) is 10.3. The zero-order valence-electron chi connectivity index (χ0n) is 12.2. The first kappa shape index (κ1) is 14.7. The maximum absolute atomic E-state index is 5.55. The smallest absolute Gasteiger partial charge is 0.231 e. The lowest BCUT2D eigenvalue weighted by atomic mass is 10.0. The predicted molar refractivity (Wildman–Crippen MR) is 86.1 cm³/mol. The molecule has 0 bridgehead atoms. The molecule has 1 heterocycles. The van der Waals surface area contributed by atoms with Gasteiger partial charge < -0.3 is 9.84 Å². The van der Waals surface area contributed by atoms with Gasteiger partial charge in [-0.05, 0) is 37.9 Å². The highest BCUT2D eigenvalue weighted by molar-refractivity contribution is 9.10. The van der Waals surface area contributed by atoms with Crippen LogP contribution < -0.4 is 5.32 Å². The Morgan fingerprint density at radius 1 is 1.33 bits per heavy atom. The van der Waals surface area contributed by atoms with Crippen molar-refractivity contribution in [2.45, 2.75) is 44.6 Å². The van der Waals surface area contributed by atoms with Crippen molar-refractivity contribution in [1.29, 1.82) is 0 Å². The summed E-state index contributed by atoms with van der Waals surface area (Å²) in [6.07, 6.45) is 4.68. The summed E-state index contributed by atoms with van der Waals surface area (Å²) in [5, 5.41) is 7.77. The van der Waals surface area contributed by atoms with E-state index in [2.05, 4.69) is 38.3 Å². The molecule has 2 atom stereocenters. The van der Waals surface area contributed by atoms with Crippen LogP contribution in [-0.2, 0) is 0 Å². The van der Waals surface area contributed by atoms with Gasteiger partial charge in [-0.25, -0.2) is 0 Å². The molecule has 1 aromatic heterocycles. The van der Waals surface area contributed by atoms with Gasteiger partial charge in [-0.3, -0.25) is 0 Å². The fourth-order valence-corrected chi connectivity index (χ4v) is 3.43. The van der Waals surface area contributed by atoms with Crippen molar-refractivity contribution in [2.75, 3.05) is 6.54 Å². The number of rotatable bonds is 5. The summed E-state index contributed by atoms with van der Waals surface area (Å²) in [5.74, 6) is 1.78. The van der Waals surface area contributed by atoms with E-state index >= 15 is 0 Å². The van der Waals surface area contributed by atoms with Crippen LogP contribution in [0.4, 0.5) is 0 Å². The fourth-order valence-electron chi connectivity index (χ4n) is 2.97. The van der Waals surface area contributed by atoms with E-state index in [9.17, 15) is 0 Å². The Morgan fingerprint density at radius 3 is 3.00 bits per heavy atom. The zero-order chi connectivity index (χ0) is 14.7. The van der Waals surface area contributed by atoms with Gasteiger partial charge in [0.15, 0.2) is 0 Å². The lowest BCUT2D eigenvalue weighted by molar-refractivity contribution is 0.330. The summed E-state index contributed by atoms with van der Waals surface area (Å²) >= 11 is 3.54. The molecule has 0 saturated heterocycles. The van der Waals surface area contributed by atoms with Crippen LogP contribution in [-0.4, -0.2) is 22.7 Å². The summed E-state index contributed by atoms with van der Waals surface area (Å²) in [7, 11) is 0. The quantitative estimate of drug-likeness (QED) is 0.881. The van der Waals surface area contributed by atoms with Gasteiger partial charge in [0, 0.05) is 16.1 Å². The van der Waals surface area contributed by atoms with E-state index in [1.807, 2.05) is 24.3 Å². The minimum absolute atomic E-state index is 0.347. The van der Waals surface area contributed by atoms with Gasteiger partial charge in [-0.1, -0.05) is 46.6 Å². The summed E-state index contributed by atoms with van der Waals surface area (Å²) in [6, 6.07) is 8.43. The van der Waals surface area contributed by atoms with Crippen molar-refractivity contribution in [2.24, 2.45) is 0 Å². The van der Waals surface area contributed by atoms with Gasteiger partial charge in [0.25, 0.3) is 0 Å². The molecule has 1 N–H and O–H groups in total. The van der Waals surface area contributed by atoms with Crippen LogP contribution in [0.3, 0.4) is 0 Å². The highest BCUT2D eigenvalue weighted by Gasteiger charge is 2.32. The van der Waals surface area contributed by atoms with E-state index < -0.39 is 0 Å². The first-order valence-corrected chi connectivity index (χ1v) is 8.40. The van der Waals surface area contributed by atoms with Crippen LogP contribution in [0.15, 0.2) is 33.3 Å². The molecule has 0 radical (unpaired) electrons. The molecular weight excluding hydrogens is 330 g/mol. The molecule has 112 valence electrons. The van der Waals surface area contributed by atoms with Gasteiger partial charge in [-0.2, -0.15) is 4.98 Å². The van der Waals surface area contributed by atoms with E-state index in [0.29, 0.717) is 17.8 Å². The molecule has 3 rings (SSSR count). The molecule has 1 fully saturated rings. The largest absolute Gasteiger partial charge is 0.339 e. The molecule has 1 aromatic carbocycles. The highest BCUT2D eigenvalue weighted by Crippen LogP contribution is 2.35. The second-order valence-electron chi connectivity index (χ2n) is 5.53. The third-order valence-corrected chi connectivity index (χ3v) is 4.74. The van der Waals surface area contributed by atoms with E-state index in [4.69, 9.17) is 4.52 Å². The molecule has 2 aromatic rings. The highest BCUT2D eigenvalue weighted by atomic mass is 79.9. The molecule has 0 spiro atoms. The number of nitrogens with one attached hydrogen (secondary N) is 1. The van der Waals surface area contributed by atoms with Crippen molar-refractivity contribution >= 4 is 15.9 Å². The van der Waals surface area contributed by atoms with E-state index in [1.54, 1.807) is 0 Å². The van der Waals surface area contributed by atoms with Crippen molar-refractivity contribution in [3.8, 4) is 11.4 Å². The Bertz CT molecular complexity index is 599. The molecule has 1 saturated carbocycles. The van der Waals surface area contributed by atoms with Crippen molar-refractivity contribution < 1.29 is 4.52 Å². The average molecular weight is 350 g/mol. The molecule has 2 unspecified atom stereocenters. The Balaban J connectivity index is 1.80. The second-order valence-corrected chi connectivity index (χ2v) is 6.39. The summed E-state index contributed by atoms with van der Waals surface area (Å²) in [4.78, 5) is 4.63. The van der Waals surface area contributed by atoms with Crippen LogP contribution in [0, 0.1) is 0 Å². The zero-order valence-corrected chi connectivity index (χ0v) is 13.8. The SMILES string of the molecule is CCCNC1CCCC1c1nc(-c2ccccc2Br)no1. The number of hydrogen-bond acceptors (Lipinski definition) is 4. The van der Waals surface area contributed by atoms with E-state index in [-0.39, 0.29) is 0 Å². The number of aromatic nitrogens is 2. The lowest BCUT2D eigenvalue weighted by Gasteiger charge is -2.17. The Labute approximate surface area is 133 Å². The van der Waals surface area contributed by atoms with Gasteiger partial charge in [0.1, 0.15) is 0 Å². The lowest BCUT2D eigenvalue weighted by Crippen LogP contribution is -2.31. The van der Waals surface area contributed by atoms with E-state index in [1.165, 1.54) is 12.8 Å². The molecule has 1 aliphatic carbocycles. The maximum Gasteiger partial charge on any atom is 0.231 e. The molecule has 0 amide bonds. The summed E-state index contributed by atoms with van der Waals surface area (Å²) in [6.45, 7) is 3.24. The van der Waals surface area contributed by atoms with Crippen molar-refractivity contribution in [3.63, 3.8) is 0 Å². The fraction of sp³-hybridized carbons (Fsp3) is 0.500. The maximum atomic E-state index is 5.55. The molecule has 0 aliphatic heterocycles. The third kappa shape index (κ3) is 3.19. The molecular formula is C16H20BrN3O. The van der Waals surface area contributed by atoms with Crippen molar-refractivity contribution in [1.82, 2.24) is 15.5 Å². The topological polar surface area (TPSA) is 51.0 Å².